The molecule has 0 saturated carbocycles. The second kappa shape index (κ2) is 10.9. The van der Waals surface area contributed by atoms with Gasteiger partial charge in [0.05, 0.1) is 35.3 Å². The normalized spacial score (nSPS) is 19.1. The summed E-state index contributed by atoms with van der Waals surface area (Å²) in [5.74, 6) is -5.59. The summed E-state index contributed by atoms with van der Waals surface area (Å²) >= 11 is 6.34. The summed E-state index contributed by atoms with van der Waals surface area (Å²) < 4.78 is 35.3. The molecule has 1 aromatic carbocycles. The van der Waals surface area contributed by atoms with Gasteiger partial charge in [0.25, 0.3) is 11.5 Å². The van der Waals surface area contributed by atoms with Gasteiger partial charge in [-0.3, -0.25) is 9.59 Å². The van der Waals surface area contributed by atoms with Crippen molar-refractivity contribution in [1.82, 2.24) is 19.9 Å². The summed E-state index contributed by atoms with van der Waals surface area (Å²) in [6.07, 6.45) is 1.39. The number of benzene rings is 1. The van der Waals surface area contributed by atoms with E-state index in [-0.39, 0.29) is 35.6 Å². The first-order valence-electron chi connectivity index (χ1n) is 12.4. The Morgan fingerprint density at radius 1 is 1.15 bits per heavy atom. The third-order valence-corrected chi connectivity index (χ3v) is 7.01. The molecular weight excluding hydrogens is 548 g/mol. The van der Waals surface area contributed by atoms with E-state index < -0.39 is 39.9 Å². The van der Waals surface area contributed by atoms with Crippen LogP contribution in [-0.2, 0) is 11.8 Å². The molecule has 0 aliphatic carbocycles. The van der Waals surface area contributed by atoms with Gasteiger partial charge in [-0.15, -0.1) is 0 Å². The topological polar surface area (TPSA) is 101 Å². The van der Waals surface area contributed by atoms with Crippen LogP contribution in [0.25, 0.3) is 10.9 Å². The number of carbonyl (C=O) groups is 1. The van der Waals surface area contributed by atoms with Gasteiger partial charge < -0.3 is 24.8 Å². The highest BCUT2D eigenvalue weighted by Gasteiger charge is 2.47. The molecule has 17 heteroatoms. The molecule has 0 spiro atoms. The smallest absolute Gasteiger partial charge is 0.293 e. The number of halogens is 3. The lowest BCUT2D eigenvalue weighted by Gasteiger charge is -2.41. The Morgan fingerprint density at radius 3 is 2.39 bits per heavy atom. The molecule has 1 amide bonds. The molecule has 1 fully saturated rings. The summed E-state index contributed by atoms with van der Waals surface area (Å²) in [5.41, 5.74) is 0.377. The van der Waals surface area contributed by atoms with Crippen LogP contribution in [0.15, 0.2) is 35.3 Å². The molecule has 202 valence electrons. The molecule has 0 bridgehead atoms. The number of rotatable bonds is 7. The van der Waals surface area contributed by atoms with E-state index in [2.05, 4.69) is 15.3 Å². The van der Waals surface area contributed by atoms with Crippen molar-refractivity contribution in [3.63, 3.8) is 0 Å². The van der Waals surface area contributed by atoms with E-state index in [0.29, 0.717) is 16.6 Å². The van der Waals surface area contributed by atoms with Crippen molar-refractivity contribution in [2.45, 2.75) is 30.4 Å². The zero-order chi connectivity index (χ0) is 30.5. The lowest BCUT2D eigenvalue weighted by molar-refractivity contribution is -0.126. The fourth-order valence-electron chi connectivity index (χ4n) is 4.49. The van der Waals surface area contributed by atoms with E-state index in [0.717, 1.165) is 0 Å². The van der Waals surface area contributed by atoms with Crippen LogP contribution in [0.2, 0.25) is 5.02 Å². The van der Waals surface area contributed by atoms with E-state index in [9.17, 15) is 18.4 Å². The molecule has 2 aromatic heterocycles. The second-order valence-corrected chi connectivity index (χ2v) is 10.7. The van der Waals surface area contributed by atoms with Gasteiger partial charge >= 0.3 is 0 Å². The maximum Gasteiger partial charge on any atom is 0.293 e. The quantitative estimate of drug-likeness (QED) is 0.410. The predicted octanol–water partition coefficient (Wildman–Crippen LogP) is 1.06. The number of amides is 1. The second-order valence-electron chi connectivity index (χ2n) is 10.3. The zero-order valence-electron chi connectivity index (χ0n) is 22.5. The maximum absolute atomic E-state index is 14.3. The average molecular weight is 570 g/mol. The van der Waals surface area contributed by atoms with Gasteiger partial charge in [0.2, 0.25) is 11.9 Å². The highest BCUT2D eigenvalue weighted by molar-refractivity contribution is 6.61. The van der Waals surface area contributed by atoms with Crippen molar-refractivity contribution >= 4 is 85.1 Å². The molecule has 4 rings (SSSR count). The highest BCUT2D eigenvalue weighted by Crippen LogP contribution is 2.39. The number of ether oxygens (including phenoxy) is 1. The van der Waals surface area contributed by atoms with Gasteiger partial charge in [-0.05, 0) is 24.3 Å². The minimum Gasteiger partial charge on any atom is -0.492 e. The van der Waals surface area contributed by atoms with Gasteiger partial charge in [-0.25, -0.2) is 13.8 Å². The van der Waals surface area contributed by atoms with Crippen molar-refractivity contribution in [2.75, 3.05) is 23.3 Å². The highest BCUT2D eigenvalue weighted by atomic mass is 35.5. The third kappa shape index (κ3) is 6.52. The third-order valence-electron chi connectivity index (χ3n) is 6.73. The number of nitrogens with one attached hydrogen (secondary N) is 2. The van der Waals surface area contributed by atoms with Crippen LogP contribution in [0, 0.1) is 11.8 Å². The van der Waals surface area contributed by atoms with Crippen molar-refractivity contribution in [2.24, 2.45) is 18.9 Å². The first kappa shape index (κ1) is 30.8. The number of aryl methyl sites for hydroxylation is 1. The van der Waals surface area contributed by atoms with E-state index >= 15 is 0 Å². The fraction of sp³-hybridized carbons (Fsp3) is 0.417. The number of fused-ring (bicyclic) bond motifs is 1. The van der Waals surface area contributed by atoms with E-state index in [1.807, 2.05) is 5.32 Å². The lowest BCUT2D eigenvalue weighted by atomic mass is 9.49. The molecular formula is C24H22B5ClF2N6O3. The number of alkyl halides is 2. The van der Waals surface area contributed by atoms with Crippen molar-refractivity contribution < 1.29 is 18.3 Å². The van der Waals surface area contributed by atoms with Gasteiger partial charge in [0.15, 0.2) is 11.6 Å². The number of hydrogen-bond donors (Lipinski definition) is 2. The molecule has 9 nitrogen and oxygen atoms in total. The molecule has 10 radical (unpaired) electrons. The van der Waals surface area contributed by atoms with Crippen LogP contribution >= 0.6 is 11.6 Å². The standard InChI is InChI=1S/C24H22B5ClF2N6O3/c1-11-9-38(10-12(2)22(11,31)32)21-33-8-15(30)18(35-21)34-14-4-5-16-13(6-14)7-17(19(39)37(16)3)41-23(25,26)20(40)36-24(27,28)29/h4-8,11-12H,9-10H2,1-3H3,(H,36,40)(H,33,34,35)/t11-,12+. The largest absolute Gasteiger partial charge is 0.492 e. The zero-order valence-corrected chi connectivity index (χ0v) is 23.2. The number of anilines is 3. The van der Waals surface area contributed by atoms with Crippen LogP contribution in [-0.4, -0.2) is 89.3 Å². The van der Waals surface area contributed by atoms with Crippen LogP contribution < -0.4 is 25.8 Å². The van der Waals surface area contributed by atoms with E-state index in [1.54, 1.807) is 23.1 Å². The molecule has 2 N–H and O–H groups in total. The van der Waals surface area contributed by atoms with Gasteiger partial charge in [-0.2, -0.15) is 4.98 Å². The molecule has 3 aromatic rings. The molecule has 2 atom stereocenters. The van der Waals surface area contributed by atoms with Gasteiger partial charge in [0.1, 0.15) is 26.1 Å². The molecule has 3 heterocycles. The predicted molar refractivity (Wildman–Crippen MR) is 158 cm³/mol. The molecule has 1 aliphatic rings. The number of nitrogens with zero attached hydrogens (tertiary/aromatic N) is 4. The van der Waals surface area contributed by atoms with Crippen molar-refractivity contribution in [3.05, 3.63) is 45.8 Å². The molecule has 1 aliphatic heterocycles. The molecule has 41 heavy (non-hydrogen) atoms. The van der Waals surface area contributed by atoms with Crippen LogP contribution in [0.5, 0.6) is 5.75 Å². The Hall–Kier alpha value is -3.15. The number of hydrogen-bond acceptors (Lipinski definition) is 7. The number of aromatic nitrogens is 3. The monoisotopic (exact) mass is 570 g/mol. The number of carbonyl (C=O) groups excluding carboxylic acids is 1. The molecule has 1 saturated heterocycles. The van der Waals surface area contributed by atoms with Crippen LogP contribution in [0.1, 0.15) is 13.8 Å². The summed E-state index contributed by atoms with van der Waals surface area (Å²) in [5, 5.41) is 1.06. The maximum atomic E-state index is 14.3. The minimum absolute atomic E-state index is 0.0792. The van der Waals surface area contributed by atoms with Gasteiger partial charge in [0, 0.05) is 43.0 Å². The summed E-state index contributed by atoms with van der Waals surface area (Å²) in [6.45, 7) is 3.14. The summed E-state index contributed by atoms with van der Waals surface area (Å²) in [7, 11) is 29.1. The van der Waals surface area contributed by atoms with E-state index in [1.165, 1.54) is 37.7 Å². The minimum atomic E-state index is -2.79. The first-order chi connectivity index (χ1) is 18.9. The lowest BCUT2D eigenvalue weighted by Crippen LogP contribution is -2.61. The summed E-state index contributed by atoms with van der Waals surface area (Å²) in [4.78, 5) is 35.6. The Balaban J connectivity index is 1.62. The van der Waals surface area contributed by atoms with Crippen LogP contribution in [0.4, 0.5) is 26.2 Å². The summed E-state index contributed by atoms with van der Waals surface area (Å²) in [6, 6.07) is 6.34. The Labute approximate surface area is 247 Å². The molecule has 0 unspecified atom stereocenters. The van der Waals surface area contributed by atoms with Crippen molar-refractivity contribution in [1.29, 1.82) is 0 Å². The van der Waals surface area contributed by atoms with Gasteiger partial charge in [-0.1, -0.05) is 30.7 Å². The van der Waals surface area contributed by atoms with E-state index in [4.69, 9.17) is 55.6 Å². The van der Waals surface area contributed by atoms with Crippen molar-refractivity contribution in [3.8, 4) is 5.75 Å². The SMILES string of the molecule is [B]C([B])([B])NC(=O)C([B])([B])Oc1cc2cc(Nc3nc(N4C[C@@H](C)C(F)(F)[C@@H](C)C4)ncc3Cl)ccc2n(C)c1=O. The fourth-order valence-corrected chi connectivity index (χ4v) is 4.63. The number of piperidine rings is 1. The Morgan fingerprint density at radius 2 is 1.78 bits per heavy atom. The van der Waals surface area contributed by atoms with Crippen LogP contribution in [0.3, 0.4) is 0 Å². The Kier molecular flexibility index (Phi) is 8.21. The average Bonchev–Trinajstić information content (AvgIpc) is 2.86. The Bertz CT molecular complexity index is 1540. The number of pyridine rings is 1. The first-order valence-corrected chi connectivity index (χ1v) is 12.8.